The maximum Gasteiger partial charge on any atom is 0.203 e. The minimum Gasteiger partial charge on any atom is -0.508 e. The molecule has 0 aliphatic heterocycles. The number of nitrogens with zero attached hydrogens (tertiary/aromatic N) is 1. The number of hydrogen-bond donors (Lipinski definition) is 2. The van der Waals surface area contributed by atoms with Gasteiger partial charge in [0.25, 0.3) is 0 Å². The quantitative estimate of drug-likeness (QED) is 0.311. The zero-order chi connectivity index (χ0) is 21.5. The molecule has 3 N–H and O–H groups in total. The van der Waals surface area contributed by atoms with E-state index in [2.05, 4.69) is 4.98 Å². The van der Waals surface area contributed by atoms with Crippen molar-refractivity contribution in [1.82, 2.24) is 4.98 Å². The van der Waals surface area contributed by atoms with E-state index in [9.17, 15) is 9.90 Å². The van der Waals surface area contributed by atoms with E-state index in [1.165, 1.54) is 22.7 Å². The second-order valence-corrected chi connectivity index (χ2v) is 9.20. The van der Waals surface area contributed by atoms with Crippen molar-refractivity contribution in [3.63, 3.8) is 0 Å². The number of phenols is 1. The number of fused-ring (bicyclic) bond motifs is 1. The van der Waals surface area contributed by atoms with E-state index in [0.717, 1.165) is 37.3 Å². The SMILES string of the molecule is Cc1ccccc1C(=O)c1sc2cc(O)ccc2c1-c1ccc(-c2nc(N)cs2)cc1. The Balaban J connectivity index is 1.68. The molecular formula is C25H18N2O2S2. The van der Waals surface area contributed by atoms with Gasteiger partial charge in [0.1, 0.15) is 16.6 Å². The number of nitrogens with two attached hydrogens (primary N) is 1. The Morgan fingerprint density at radius 1 is 1.00 bits per heavy atom. The fourth-order valence-electron chi connectivity index (χ4n) is 3.68. The molecular weight excluding hydrogens is 424 g/mol. The van der Waals surface area contributed by atoms with Gasteiger partial charge in [0.2, 0.25) is 5.78 Å². The van der Waals surface area contributed by atoms with Gasteiger partial charge in [0.15, 0.2) is 0 Å². The fourth-order valence-corrected chi connectivity index (χ4v) is 5.61. The van der Waals surface area contributed by atoms with Crippen molar-refractivity contribution < 1.29 is 9.90 Å². The number of hydrogen-bond acceptors (Lipinski definition) is 6. The first kappa shape index (κ1) is 19.5. The monoisotopic (exact) mass is 442 g/mol. The largest absolute Gasteiger partial charge is 0.508 e. The first-order valence-electron chi connectivity index (χ1n) is 9.69. The van der Waals surface area contributed by atoms with Gasteiger partial charge in [-0.1, -0.05) is 48.5 Å². The van der Waals surface area contributed by atoms with E-state index in [4.69, 9.17) is 5.73 Å². The predicted octanol–water partition coefficient (Wildman–Crippen LogP) is 6.52. The lowest BCUT2D eigenvalue weighted by molar-refractivity contribution is 0.104. The Kier molecular flexibility index (Phi) is 4.81. The van der Waals surface area contributed by atoms with Gasteiger partial charge in [-0.2, -0.15) is 0 Å². The second-order valence-electron chi connectivity index (χ2n) is 7.29. The van der Waals surface area contributed by atoms with Crippen LogP contribution >= 0.6 is 22.7 Å². The zero-order valence-corrected chi connectivity index (χ0v) is 18.3. The average molecular weight is 443 g/mol. The molecule has 5 aromatic rings. The number of aromatic hydroxyl groups is 1. The van der Waals surface area contributed by atoms with Gasteiger partial charge in [0, 0.05) is 32.2 Å². The summed E-state index contributed by atoms with van der Waals surface area (Å²) in [5.74, 6) is 0.691. The first-order chi connectivity index (χ1) is 15.0. The predicted molar refractivity (Wildman–Crippen MR) is 129 cm³/mol. The topological polar surface area (TPSA) is 76.2 Å². The molecule has 0 saturated heterocycles. The zero-order valence-electron chi connectivity index (χ0n) is 16.6. The Bertz CT molecular complexity index is 1430. The summed E-state index contributed by atoms with van der Waals surface area (Å²) in [5, 5.41) is 13.6. The number of carbonyl (C=O) groups excluding carboxylic acids is 1. The van der Waals surface area contributed by atoms with Crippen LogP contribution in [0.25, 0.3) is 31.8 Å². The number of thiazole rings is 1. The van der Waals surface area contributed by atoms with Crippen LogP contribution in [-0.2, 0) is 0 Å². The van der Waals surface area contributed by atoms with Crippen molar-refractivity contribution in [2.45, 2.75) is 6.92 Å². The first-order valence-corrected chi connectivity index (χ1v) is 11.4. The van der Waals surface area contributed by atoms with Gasteiger partial charge in [-0.25, -0.2) is 4.98 Å². The van der Waals surface area contributed by atoms with Crippen molar-refractivity contribution in [1.29, 1.82) is 0 Å². The van der Waals surface area contributed by atoms with Crippen LogP contribution in [-0.4, -0.2) is 15.9 Å². The van der Waals surface area contributed by atoms with Crippen LogP contribution in [0.2, 0.25) is 0 Å². The molecule has 0 bridgehead atoms. The van der Waals surface area contributed by atoms with Crippen LogP contribution in [0, 0.1) is 6.92 Å². The molecule has 0 amide bonds. The third-order valence-electron chi connectivity index (χ3n) is 5.21. The number of nitrogen functional groups attached to an aromatic ring is 1. The van der Waals surface area contributed by atoms with Crippen LogP contribution in [0.5, 0.6) is 5.75 Å². The summed E-state index contributed by atoms with van der Waals surface area (Å²) in [4.78, 5) is 18.5. The molecule has 6 heteroatoms. The van der Waals surface area contributed by atoms with Gasteiger partial charge >= 0.3 is 0 Å². The van der Waals surface area contributed by atoms with Gasteiger partial charge in [-0.3, -0.25) is 4.79 Å². The number of aryl methyl sites for hydroxylation is 1. The molecule has 0 spiro atoms. The molecule has 0 radical (unpaired) electrons. The molecule has 0 aliphatic rings. The third-order valence-corrected chi connectivity index (χ3v) is 7.27. The highest BCUT2D eigenvalue weighted by Gasteiger charge is 2.22. The van der Waals surface area contributed by atoms with Crippen molar-refractivity contribution in [3.05, 3.63) is 88.1 Å². The Morgan fingerprint density at radius 3 is 2.45 bits per heavy atom. The molecule has 0 aliphatic carbocycles. The summed E-state index contributed by atoms with van der Waals surface area (Å²) in [6.45, 7) is 1.95. The van der Waals surface area contributed by atoms with E-state index in [1.54, 1.807) is 12.1 Å². The molecule has 0 saturated carbocycles. The standard InChI is InChI=1S/C25H18N2O2S2/c1-14-4-2-3-5-18(14)23(29)24-22(19-11-10-17(28)12-20(19)31-24)15-6-8-16(9-7-15)25-27-21(26)13-30-25/h2-13,28H,26H2,1H3. The third kappa shape index (κ3) is 3.50. The van der Waals surface area contributed by atoms with E-state index < -0.39 is 0 Å². The number of rotatable bonds is 4. The van der Waals surface area contributed by atoms with Gasteiger partial charge in [-0.15, -0.1) is 22.7 Å². The van der Waals surface area contributed by atoms with Gasteiger partial charge in [0.05, 0.1) is 4.88 Å². The van der Waals surface area contributed by atoms with Crippen molar-refractivity contribution in [2.75, 3.05) is 5.73 Å². The van der Waals surface area contributed by atoms with E-state index >= 15 is 0 Å². The summed E-state index contributed by atoms with van der Waals surface area (Å²) in [6, 6.07) is 20.9. The Labute approximate surface area is 187 Å². The second kappa shape index (κ2) is 7.65. The minimum atomic E-state index is -0.00874. The van der Waals surface area contributed by atoms with Crippen molar-refractivity contribution >= 4 is 44.4 Å². The number of benzene rings is 3. The van der Waals surface area contributed by atoms with E-state index in [0.29, 0.717) is 16.3 Å². The minimum absolute atomic E-state index is 0.00874. The molecule has 5 rings (SSSR count). The summed E-state index contributed by atoms with van der Waals surface area (Å²) in [5.41, 5.74) is 10.2. The normalized spacial score (nSPS) is 11.1. The smallest absolute Gasteiger partial charge is 0.203 e. The molecule has 3 aromatic carbocycles. The number of ketones is 1. The highest BCUT2D eigenvalue weighted by Crippen LogP contribution is 2.42. The molecule has 31 heavy (non-hydrogen) atoms. The number of aromatic nitrogens is 1. The lowest BCUT2D eigenvalue weighted by Crippen LogP contribution is -2.02. The number of anilines is 1. The molecule has 4 nitrogen and oxygen atoms in total. The van der Waals surface area contributed by atoms with Crippen LogP contribution in [0.3, 0.4) is 0 Å². The maximum absolute atomic E-state index is 13.5. The van der Waals surface area contributed by atoms with Gasteiger partial charge < -0.3 is 10.8 Å². The van der Waals surface area contributed by atoms with Crippen LogP contribution < -0.4 is 5.73 Å². The molecule has 0 atom stereocenters. The van der Waals surface area contributed by atoms with Crippen LogP contribution in [0.4, 0.5) is 5.82 Å². The molecule has 152 valence electrons. The lowest BCUT2D eigenvalue weighted by atomic mass is 9.96. The highest BCUT2D eigenvalue weighted by molar-refractivity contribution is 7.21. The fraction of sp³-hybridized carbons (Fsp3) is 0.0400. The molecule has 0 fully saturated rings. The Hall–Kier alpha value is -3.48. The number of thiophene rings is 1. The molecule has 0 unspecified atom stereocenters. The molecule has 2 aromatic heterocycles. The Morgan fingerprint density at radius 2 is 1.74 bits per heavy atom. The van der Waals surface area contributed by atoms with Crippen molar-refractivity contribution in [2.24, 2.45) is 0 Å². The van der Waals surface area contributed by atoms with E-state index in [1.807, 2.05) is 66.9 Å². The maximum atomic E-state index is 13.5. The van der Waals surface area contributed by atoms with Gasteiger partial charge in [-0.05, 0) is 36.2 Å². The summed E-state index contributed by atoms with van der Waals surface area (Å²) >= 11 is 2.91. The van der Waals surface area contributed by atoms with Crippen LogP contribution in [0.15, 0.2) is 72.1 Å². The number of phenolic OH excluding ortho intramolecular Hbond substituents is 1. The molecule has 2 heterocycles. The van der Waals surface area contributed by atoms with Crippen LogP contribution in [0.1, 0.15) is 20.8 Å². The summed E-state index contributed by atoms with van der Waals surface area (Å²) in [6.07, 6.45) is 0. The summed E-state index contributed by atoms with van der Waals surface area (Å²) < 4.78 is 0.878. The summed E-state index contributed by atoms with van der Waals surface area (Å²) in [7, 11) is 0. The average Bonchev–Trinajstić information content (AvgIpc) is 3.37. The lowest BCUT2D eigenvalue weighted by Gasteiger charge is -2.08. The highest BCUT2D eigenvalue weighted by atomic mass is 32.1. The van der Waals surface area contributed by atoms with E-state index in [-0.39, 0.29) is 11.5 Å². The number of carbonyl (C=O) groups is 1. The van der Waals surface area contributed by atoms with Crippen molar-refractivity contribution in [3.8, 4) is 27.4 Å².